The molecule has 0 saturated carbocycles. The highest BCUT2D eigenvalue weighted by Crippen LogP contribution is 2.47. The van der Waals surface area contributed by atoms with Gasteiger partial charge < -0.3 is 0 Å². The third-order valence-electron chi connectivity index (χ3n) is 5.22. The second-order valence-electron chi connectivity index (χ2n) is 6.87. The number of thioether (sulfide) groups is 1. The zero-order chi connectivity index (χ0) is 19.7. The Kier molecular flexibility index (Phi) is 4.71. The quantitative estimate of drug-likeness (QED) is 0.671. The van der Waals surface area contributed by atoms with E-state index in [4.69, 9.17) is 0 Å². The molecule has 2 aliphatic rings. The molecule has 0 saturated heterocycles. The molecule has 3 aromatic carbocycles. The van der Waals surface area contributed by atoms with Crippen molar-refractivity contribution in [2.75, 3.05) is 0 Å². The van der Waals surface area contributed by atoms with E-state index < -0.39 is 6.89 Å². The Morgan fingerprint density at radius 1 is 0.655 bits per heavy atom. The number of allylic oxidation sites excluding steroid dienone is 4. The number of hydrogen-bond acceptors (Lipinski definition) is 2. The van der Waals surface area contributed by atoms with Crippen LogP contribution >= 0.6 is 18.6 Å². The van der Waals surface area contributed by atoms with Crippen LogP contribution < -0.4 is 20.9 Å². The Bertz CT molecular complexity index is 1120. The van der Waals surface area contributed by atoms with Gasteiger partial charge in [-0.2, -0.15) is 4.99 Å². The van der Waals surface area contributed by atoms with Crippen LogP contribution in [0, 0.1) is 0 Å². The fourth-order valence-electron chi connectivity index (χ4n) is 3.99. The van der Waals surface area contributed by atoms with E-state index in [-0.39, 0.29) is 5.24 Å². The van der Waals surface area contributed by atoms with Gasteiger partial charge in [-0.15, -0.1) is 0 Å². The van der Waals surface area contributed by atoms with E-state index in [1.54, 1.807) is 0 Å². The van der Waals surface area contributed by atoms with Crippen LogP contribution in [0.2, 0.25) is 0 Å². The van der Waals surface area contributed by atoms with Crippen molar-refractivity contribution in [3.63, 3.8) is 0 Å². The van der Waals surface area contributed by atoms with Crippen LogP contribution in [0.15, 0.2) is 114 Å². The number of nitrogens with one attached hydrogen (secondary N) is 1. The third-order valence-corrected chi connectivity index (χ3v) is 10.3. The van der Waals surface area contributed by atoms with Crippen molar-refractivity contribution in [2.24, 2.45) is 0 Å². The van der Waals surface area contributed by atoms with Gasteiger partial charge in [0, 0.05) is 17.8 Å². The van der Waals surface area contributed by atoms with Gasteiger partial charge in [-0.25, -0.2) is 4.79 Å². The third kappa shape index (κ3) is 3.07. The van der Waals surface area contributed by atoms with Gasteiger partial charge in [0.05, 0.1) is 4.91 Å². The summed E-state index contributed by atoms with van der Waals surface area (Å²) in [7, 11) is 0. The summed E-state index contributed by atoms with van der Waals surface area (Å²) in [5, 5.41) is 5.16. The van der Waals surface area contributed by atoms with E-state index in [9.17, 15) is 4.79 Å². The van der Waals surface area contributed by atoms with Gasteiger partial charge in [0.1, 0.15) is 0 Å². The summed E-state index contributed by atoms with van der Waals surface area (Å²) in [5.41, 5.74) is 0.899. The average molecular weight is 412 g/mol. The highest BCUT2D eigenvalue weighted by atomic mass is 32.2. The normalized spacial score (nSPS) is 15.7. The number of hydrogen-bond donors (Lipinski definition) is 1. The number of fused-ring (bicyclic) bond motifs is 1. The lowest BCUT2D eigenvalue weighted by molar-refractivity contribution is -0.324. The van der Waals surface area contributed by atoms with Gasteiger partial charge >= 0.3 is 5.24 Å². The molecule has 1 heterocycles. The van der Waals surface area contributed by atoms with Crippen molar-refractivity contribution in [1.29, 1.82) is 0 Å². The van der Waals surface area contributed by atoms with Crippen LogP contribution in [0.4, 0.5) is 4.79 Å². The predicted molar refractivity (Wildman–Crippen MR) is 126 cm³/mol. The Morgan fingerprint density at radius 3 is 1.62 bits per heavy atom. The van der Waals surface area contributed by atoms with Crippen molar-refractivity contribution < 1.29 is 9.79 Å². The van der Waals surface area contributed by atoms with Crippen molar-refractivity contribution in [1.82, 2.24) is 0 Å². The number of carbonyl (C=O) groups is 1. The van der Waals surface area contributed by atoms with Gasteiger partial charge in [0.15, 0.2) is 0 Å². The van der Waals surface area contributed by atoms with E-state index in [0.717, 1.165) is 10.6 Å². The van der Waals surface area contributed by atoms with Crippen molar-refractivity contribution >= 4 is 50.8 Å². The zero-order valence-electron chi connectivity index (χ0n) is 15.7. The molecule has 140 valence electrons. The number of carbonyl (C=O) groups excluding carboxylic acids is 1. The lowest BCUT2D eigenvalue weighted by Crippen LogP contribution is -2.72. The maximum absolute atomic E-state index is 11.9. The van der Waals surface area contributed by atoms with Gasteiger partial charge in [-0.1, -0.05) is 91.0 Å². The number of rotatable bonds is 3. The van der Waals surface area contributed by atoms with Crippen LogP contribution in [0.5, 0.6) is 0 Å². The highest BCUT2D eigenvalue weighted by Gasteiger charge is 2.34. The number of benzene rings is 3. The fourth-order valence-corrected chi connectivity index (χ4v) is 9.12. The molecule has 2 nitrogen and oxygen atoms in total. The topological polar surface area (TPSA) is 31.0 Å². The Labute approximate surface area is 174 Å². The summed E-state index contributed by atoms with van der Waals surface area (Å²) in [6, 6.07) is 32.3. The van der Waals surface area contributed by atoms with Crippen LogP contribution in [-0.4, -0.2) is 16.2 Å². The van der Waals surface area contributed by atoms with Crippen molar-refractivity contribution in [2.45, 2.75) is 0 Å². The summed E-state index contributed by atoms with van der Waals surface area (Å²) in [5.74, 6) is 0. The Hall–Kier alpha value is -2.87. The minimum atomic E-state index is -2.11. The minimum absolute atomic E-state index is 0.0137. The average Bonchev–Trinajstić information content (AvgIpc) is 3.16. The Balaban J connectivity index is 1.94. The first-order chi connectivity index (χ1) is 14.3. The molecule has 0 spiro atoms. The second kappa shape index (κ2) is 7.51. The van der Waals surface area contributed by atoms with Crippen LogP contribution in [0.25, 0.3) is 0 Å². The lowest BCUT2D eigenvalue weighted by atomic mass is 10.2. The monoisotopic (exact) mass is 412 g/mol. The molecule has 1 aliphatic carbocycles. The standard InChI is InChI=1S/C25H18NOPS/c27-25-26-23-17-16-22(18-24(23)29-25)28(19-10-4-1-5-11-19,20-12-6-2-7-13-20)21-14-8-3-9-15-21/h1-18H/p+1. The first-order valence-corrected chi connectivity index (χ1v) is 12.1. The van der Waals surface area contributed by atoms with Crippen molar-refractivity contribution in [3.8, 4) is 0 Å². The summed E-state index contributed by atoms with van der Waals surface area (Å²) >= 11 is 1.27. The van der Waals surface area contributed by atoms with Crippen LogP contribution in [0.1, 0.15) is 0 Å². The molecule has 0 fully saturated rings. The molecule has 5 rings (SSSR count). The molecule has 0 unspecified atom stereocenters. The zero-order valence-corrected chi connectivity index (χ0v) is 17.4. The molecule has 0 aromatic heterocycles. The molecule has 0 atom stereocenters. The minimum Gasteiger partial charge on any atom is -0.207 e. The first kappa shape index (κ1) is 18.2. The molecule has 0 bridgehead atoms. The van der Waals surface area contributed by atoms with Crippen LogP contribution in [0.3, 0.4) is 0 Å². The Morgan fingerprint density at radius 2 is 1.14 bits per heavy atom. The van der Waals surface area contributed by atoms with E-state index in [1.807, 2.05) is 6.08 Å². The van der Waals surface area contributed by atoms with Gasteiger partial charge in [-0.3, -0.25) is 0 Å². The second-order valence-corrected chi connectivity index (χ2v) is 11.3. The molecule has 29 heavy (non-hydrogen) atoms. The molecule has 1 N–H and O–H groups in total. The number of amides is 1. The maximum Gasteiger partial charge on any atom is 0.452 e. The van der Waals surface area contributed by atoms with Gasteiger partial charge in [-0.05, 0) is 40.2 Å². The van der Waals surface area contributed by atoms with E-state index in [0.29, 0.717) is 0 Å². The van der Waals surface area contributed by atoms with E-state index >= 15 is 0 Å². The van der Waals surface area contributed by atoms with E-state index in [1.165, 1.54) is 33.0 Å². The van der Waals surface area contributed by atoms with Gasteiger partial charge in [0.2, 0.25) is 5.71 Å². The smallest absolute Gasteiger partial charge is 0.207 e. The largest absolute Gasteiger partial charge is 0.452 e. The molecule has 1 aliphatic heterocycles. The maximum atomic E-state index is 11.9. The summed E-state index contributed by atoms with van der Waals surface area (Å²) in [6.45, 7) is -2.11. The molecule has 4 heteroatoms. The molecular weight excluding hydrogens is 393 g/mol. The SMILES string of the molecule is O=C1[NH+]=C2C=CC(=P(c3ccccc3)(c3ccccc3)c3ccccc3)C=C2S1. The molecule has 0 radical (unpaired) electrons. The highest BCUT2D eigenvalue weighted by molar-refractivity contribution is 8.17. The summed E-state index contributed by atoms with van der Waals surface area (Å²) in [6.07, 6.45) is 6.44. The van der Waals surface area contributed by atoms with Crippen LogP contribution in [-0.2, 0) is 0 Å². The predicted octanol–water partition coefficient (Wildman–Crippen LogP) is 3.00. The summed E-state index contributed by atoms with van der Waals surface area (Å²) < 4.78 is 0. The van der Waals surface area contributed by atoms with Gasteiger partial charge in [0.25, 0.3) is 0 Å². The molecule has 3 aromatic rings. The molecule has 1 amide bonds. The summed E-state index contributed by atoms with van der Waals surface area (Å²) in [4.78, 5) is 15.9. The lowest BCUT2D eigenvalue weighted by Gasteiger charge is -2.31. The molecular formula is C25H19NOPS+. The fraction of sp³-hybridized carbons (Fsp3) is 0. The van der Waals surface area contributed by atoms with E-state index in [2.05, 4.69) is 108 Å². The first-order valence-electron chi connectivity index (χ1n) is 9.48. The van der Waals surface area contributed by atoms with Crippen molar-refractivity contribution in [3.05, 3.63) is 114 Å².